The maximum Gasteiger partial charge on any atom is 0.419 e. The zero-order chi connectivity index (χ0) is 83.1. The van der Waals surface area contributed by atoms with E-state index in [1.807, 2.05) is 91.0 Å². The molecule has 0 amide bonds. The number of fused-ring (bicyclic) bond motifs is 11. The zero-order valence-electron chi connectivity index (χ0n) is 67.3. The second-order valence-corrected chi connectivity index (χ2v) is 34.0. The number of hydrogen-bond donors (Lipinski definition) is 0. The molecule has 0 saturated carbocycles. The van der Waals surface area contributed by atoms with Gasteiger partial charge in [-0.3, -0.25) is 0 Å². The molecule has 12 nitrogen and oxygen atoms in total. The monoisotopic (exact) mass is 1570 g/mol. The van der Waals surface area contributed by atoms with Crippen molar-refractivity contribution in [2.75, 3.05) is 0 Å². The van der Waals surface area contributed by atoms with Crippen LogP contribution in [0.1, 0.15) is 122 Å². The van der Waals surface area contributed by atoms with Gasteiger partial charge in [-0.15, -0.1) is 40.8 Å². The lowest BCUT2D eigenvalue weighted by Gasteiger charge is -2.23. The van der Waals surface area contributed by atoms with Crippen LogP contribution in [0.25, 0.3) is 164 Å². The molecule has 0 unspecified atom stereocenters. The van der Waals surface area contributed by atoms with Crippen molar-refractivity contribution in [1.82, 2.24) is 61.6 Å². The molecular weight excluding hydrogens is 1490 g/mol. The fourth-order valence-corrected chi connectivity index (χ4v) is 16.2. The lowest BCUT2D eigenvalue weighted by atomic mass is 9.82. The largest absolute Gasteiger partial charge is 0.419 e. The highest BCUT2D eigenvalue weighted by Gasteiger charge is 2.38. The van der Waals surface area contributed by atoms with E-state index in [2.05, 4.69) is 261 Å². The van der Waals surface area contributed by atoms with Gasteiger partial charge < -0.3 is 0 Å². The molecule has 118 heavy (non-hydrogen) atoms. The number of aryl methyl sites for hydroxylation is 1. The summed E-state index contributed by atoms with van der Waals surface area (Å²) in [6.45, 7) is 28.1. The van der Waals surface area contributed by atoms with Crippen molar-refractivity contribution in [1.29, 1.82) is 0 Å². The summed E-state index contributed by atoms with van der Waals surface area (Å²) in [5, 5.41) is 64.3. The summed E-state index contributed by atoms with van der Waals surface area (Å²) >= 11 is 0. The number of nitrogens with zero attached hydrogens (tertiary/aromatic N) is 12. The van der Waals surface area contributed by atoms with E-state index >= 15 is 4.39 Å². The van der Waals surface area contributed by atoms with E-state index < -0.39 is 23.5 Å². The Morgan fingerprint density at radius 1 is 0.220 bits per heavy atom. The van der Waals surface area contributed by atoms with Crippen LogP contribution in [0, 0.1) is 12.7 Å². The molecule has 0 aliphatic rings. The second kappa shape index (κ2) is 30.1. The molecule has 0 fully saturated rings. The van der Waals surface area contributed by atoms with Crippen molar-refractivity contribution in [2.24, 2.45) is 0 Å². The number of aromatic nitrogens is 12. The lowest BCUT2D eigenvalue weighted by molar-refractivity contribution is -0.136. The molecule has 0 spiro atoms. The Hall–Kier alpha value is -13.3. The third-order valence-corrected chi connectivity index (χ3v) is 21.8. The summed E-state index contributed by atoms with van der Waals surface area (Å²) in [5.74, 6) is -0.355. The van der Waals surface area contributed by atoms with Gasteiger partial charge in [0.25, 0.3) is 0 Å². The van der Waals surface area contributed by atoms with Gasteiger partial charge in [-0.05, 0) is 220 Å². The first-order chi connectivity index (χ1) is 56.2. The molecule has 4 heterocycles. The standard InChI is InChI=1S/C26H20F3N3.C26H23N3.C25H20FN3.C22H18F3N3/c1-25(2,3)21-14-17(12-15-8-4-6-10-18(15)21)23-20-13-16-9-5-7-11-19(16)22(26(27,28)29)24(20)31-32-30-23;1-16-20-11-7-5-10-18(20)14-22-24(16)27-29-28-25(22)19-13-17-9-6-8-12-21(17)23(15-19)26(2,3)4;1-25(2,3)21-14-17(12-15-8-4-6-10-18(15)21)23-20-13-16-9-5-7-11-19(16)22(26)24(20)28-29-27-23;1-21(2,3)18-12-14(11-13-7-4-5-8-15(13)18)19-16-9-6-10-17(22(23,24)25)20(16)27-28-26-19/h4-14H,1-3H3;5-15H,1-4H3;4-14H,1-3H3;4-12H,1-3H3. The summed E-state index contributed by atoms with van der Waals surface area (Å²) in [7, 11) is 0. The van der Waals surface area contributed by atoms with Crippen molar-refractivity contribution in [3.8, 4) is 45.0 Å². The number of rotatable bonds is 4. The average Bonchev–Trinajstić information content (AvgIpc) is 0.665. The molecule has 0 aliphatic heterocycles. The maximum atomic E-state index is 15.2. The quantitative estimate of drug-likeness (QED) is 0.122. The summed E-state index contributed by atoms with van der Waals surface area (Å²) < 4.78 is 97.7. The minimum Gasteiger partial charge on any atom is -0.204 e. The second-order valence-electron chi connectivity index (χ2n) is 34.0. The van der Waals surface area contributed by atoms with E-state index in [0.29, 0.717) is 44.0 Å². The Bertz CT molecular complexity index is 6980. The molecule has 0 atom stereocenters. The highest BCUT2D eigenvalue weighted by atomic mass is 19.4. The fraction of sp³-hybridized carbons (Fsp3) is 0.192. The smallest absolute Gasteiger partial charge is 0.204 e. The zero-order valence-corrected chi connectivity index (χ0v) is 67.3. The van der Waals surface area contributed by atoms with Crippen LogP contribution in [-0.2, 0) is 34.0 Å². The van der Waals surface area contributed by atoms with E-state index in [4.69, 9.17) is 0 Å². The maximum absolute atomic E-state index is 15.2. The van der Waals surface area contributed by atoms with Gasteiger partial charge >= 0.3 is 12.4 Å². The summed E-state index contributed by atoms with van der Waals surface area (Å²) in [6.07, 6.45) is -9.08. The topological polar surface area (TPSA) is 155 Å². The normalized spacial score (nSPS) is 12.4. The van der Waals surface area contributed by atoms with Crippen LogP contribution in [0.5, 0.6) is 0 Å². The van der Waals surface area contributed by atoms with Crippen LogP contribution in [0.3, 0.4) is 0 Å². The van der Waals surface area contributed by atoms with Crippen molar-refractivity contribution < 1.29 is 30.7 Å². The van der Waals surface area contributed by atoms with Crippen LogP contribution in [0.15, 0.2) is 255 Å². The Kier molecular flexibility index (Phi) is 20.0. The van der Waals surface area contributed by atoms with Gasteiger partial charge in [0.2, 0.25) is 0 Å². The van der Waals surface area contributed by atoms with Crippen molar-refractivity contribution in [3.05, 3.63) is 300 Å². The van der Waals surface area contributed by atoms with Crippen LogP contribution >= 0.6 is 0 Å². The molecule has 0 radical (unpaired) electrons. The van der Waals surface area contributed by atoms with Gasteiger partial charge in [-0.2, -0.15) is 26.3 Å². The van der Waals surface area contributed by atoms with Crippen molar-refractivity contribution in [3.63, 3.8) is 0 Å². The van der Waals surface area contributed by atoms with Gasteiger partial charge in [0.1, 0.15) is 44.8 Å². The van der Waals surface area contributed by atoms with E-state index in [9.17, 15) is 26.3 Å². The van der Waals surface area contributed by atoms with Crippen molar-refractivity contribution in [2.45, 2.75) is 124 Å². The first-order valence-corrected chi connectivity index (χ1v) is 38.8. The summed E-state index contributed by atoms with van der Waals surface area (Å²) in [4.78, 5) is 0. The number of halogens is 7. The molecule has 0 N–H and O–H groups in total. The van der Waals surface area contributed by atoms with E-state index in [0.717, 1.165) is 93.9 Å². The molecule has 0 bridgehead atoms. The number of alkyl halides is 6. The van der Waals surface area contributed by atoms with E-state index in [-0.39, 0.29) is 49.4 Å². The predicted octanol–water partition coefficient (Wildman–Crippen LogP) is 26.5. The Balaban J connectivity index is 0.000000118. The first-order valence-electron chi connectivity index (χ1n) is 38.8. The molecule has 19 rings (SSSR count). The molecule has 586 valence electrons. The van der Waals surface area contributed by atoms with Crippen LogP contribution in [0.4, 0.5) is 30.7 Å². The lowest BCUT2D eigenvalue weighted by Crippen LogP contribution is -2.12. The SMILES string of the molecule is CC(C)(C)c1cc(-c2nnnc3c(C(F)(F)F)c4ccccc4cc23)cc2ccccc12.CC(C)(C)c1cc(-c2nnnc3c(C(F)(F)F)cccc23)cc2ccccc12.CC(C)(C)c1cc(-c2nnnc3c(F)c4ccccc4cc23)cc2ccccc12.Cc1c2ccccc2cc2c(-c3cc(C(C)(C)C)c4ccccc4c3)nnnc12. The van der Waals surface area contributed by atoms with E-state index in [1.54, 1.807) is 36.4 Å². The average molecular weight is 1570 g/mol. The third kappa shape index (κ3) is 15.0. The molecule has 19 aromatic rings. The van der Waals surface area contributed by atoms with Crippen LogP contribution in [0.2, 0.25) is 0 Å². The van der Waals surface area contributed by atoms with Gasteiger partial charge in [0.05, 0.1) is 11.1 Å². The third-order valence-electron chi connectivity index (χ3n) is 21.8. The molecule has 4 aromatic heterocycles. The first kappa shape index (κ1) is 78.6. The van der Waals surface area contributed by atoms with Crippen LogP contribution < -0.4 is 0 Å². The van der Waals surface area contributed by atoms with Crippen LogP contribution in [-0.4, -0.2) is 61.6 Å². The molecule has 19 heteroatoms. The fourth-order valence-electron chi connectivity index (χ4n) is 16.2. The van der Waals surface area contributed by atoms with Gasteiger partial charge in [-0.1, -0.05) is 265 Å². The number of hydrogen-bond acceptors (Lipinski definition) is 12. The van der Waals surface area contributed by atoms with Gasteiger partial charge in [0, 0.05) is 49.2 Å². The summed E-state index contributed by atoms with van der Waals surface area (Å²) in [5.41, 5.74) is 10.5. The summed E-state index contributed by atoms with van der Waals surface area (Å²) in [6, 6.07) is 81.7. The molecule has 0 saturated heterocycles. The predicted molar refractivity (Wildman–Crippen MR) is 463 cm³/mol. The minimum absolute atomic E-state index is 0.0223. The molecular formula is C99H81F7N12. The Morgan fingerprint density at radius 2 is 0.492 bits per heavy atom. The van der Waals surface area contributed by atoms with Gasteiger partial charge in [-0.25, -0.2) is 4.39 Å². The highest BCUT2D eigenvalue weighted by Crippen LogP contribution is 2.46. The Labute approximate surface area is 676 Å². The van der Waals surface area contributed by atoms with Crippen molar-refractivity contribution >= 4 is 119 Å². The number of benzene rings is 15. The Morgan fingerprint density at radius 3 is 0.856 bits per heavy atom. The minimum atomic E-state index is -4.58. The molecule has 15 aromatic carbocycles. The van der Waals surface area contributed by atoms with Gasteiger partial charge in [0.15, 0.2) is 5.82 Å². The van der Waals surface area contributed by atoms with E-state index in [1.165, 1.54) is 50.2 Å². The molecule has 0 aliphatic carbocycles. The highest BCUT2D eigenvalue weighted by molar-refractivity contribution is 6.09.